The molecule has 2 aromatic carbocycles. The van der Waals surface area contributed by atoms with E-state index in [0.29, 0.717) is 24.3 Å². The van der Waals surface area contributed by atoms with E-state index in [0.717, 1.165) is 25.2 Å². The van der Waals surface area contributed by atoms with Gasteiger partial charge in [0.2, 0.25) is 5.91 Å². The van der Waals surface area contributed by atoms with Crippen LogP contribution in [0.1, 0.15) is 29.8 Å². The molecule has 6 heteroatoms. The predicted molar refractivity (Wildman–Crippen MR) is 118 cm³/mol. The highest BCUT2D eigenvalue weighted by Gasteiger charge is 2.21. The Morgan fingerprint density at radius 2 is 1.90 bits per heavy atom. The summed E-state index contributed by atoms with van der Waals surface area (Å²) in [6.45, 7) is 7.04. The molecule has 2 N–H and O–H groups in total. The number of likely N-dealkylation sites (N-methyl/N-ethyl adjacent to an activating group) is 2. The van der Waals surface area contributed by atoms with Gasteiger partial charge in [0.25, 0.3) is 5.91 Å². The van der Waals surface area contributed by atoms with Crippen LogP contribution in [-0.4, -0.2) is 56.0 Å². The topological polar surface area (TPSA) is 64.7 Å². The summed E-state index contributed by atoms with van der Waals surface area (Å²) in [5.41, 5.74) is 3.42. The first-order chi connectivity index (χ1) is 14.0. The number of rotatable bonds is 8. The monoisotopic (exact) mass is 394 g/mol. The van der Waals surface area contributed by atoms with E-state index in [9.17, 15) is 9.59 Å². The second-order valence-corrected chi connectivity index (χ2v) is 7.41. The number of amides is 2. The zero-order chi connectivity index (χ0) is 20.8. The van der Waals surface area contributed by atoms with Crippen LogP contribution in [0.25, 0.3) is 0 Å². The molecule has 0 radical (unpaired) electrons. The molecule has 154 valence electrons. The number of carbonyl (C=O) groups excluding carboxylic acids is 2. The van der Waals surface area contributed by atoms with Crippen molar-refractivity contribution in [3.8, 4) is 0 Å². The molecule has 29 heavy (non-hydrogen) atoms. The average molecular weight is 395 g/mol. The highest BCUT2D eigenvalue weighted by atomic mass is 16.2. The van der Waals surface area contributed by atoms with E-state index >= 15 is 0 Å². The maximum Gasteiger partial charge on any atom is 0.251 e. The van der Waals surface area contributed by atoms with Crippen LogP contribution in [0, 0.1) is 0 Å². The Labute approximate surface area is 172 Å². The maximum absolute atomic E-state index is 12.8. The number of nitrogens with one attached hydrogen (secondary N) is 2. The zero-order valence-electron chi connectivity index (χ0n) is 17.4. The van der Waals surface area contributed by atoms with Crippen molar-refractivity contribution in [2.75, 3.05) is 43.4 Å². The molecule has 1 aliphatic heterocycles. The van der Waals surface area contributed by atoms with E-state index in [-0.39, 0.29) is 17.9 Å². The highest BCUT2D eigenvalue weighted by Crippen LogP contribution is 2.29. The molecule has 0 bridgehead atoms. The molecular weight excluding hydrogens is 364 g/mol. The van der Waals surface area contributed by atoms with Crippen molar-refractivity contribution >= 4 is 23.2 Å². The van der Waals surface area contributed by atoms with Gasteiger partial charge in [-0.1, -0.05) is 44.2 Å². The summed E-state index contributed by atoms with van der Waals surface area (Å²) in [7, 11) is 1.87. The molecule has 1 unspecified atom stereocenters. The van der Waals surface area contributed by atoms with Gasteiger partial charge in [-0.05, 0) is 43.3 Å². The van der Waals surface area contributed by atoms with Crippen LogP contribution in [0.3, 0.4) is 0 Å². The van der Waals surface area contributed by atoms with Crippen molar-refractivity contribution in [1.82, 2.24) is 10.2 Å². The van der Waals surface area contributed by atoms with Gasteiger partial charge >= 0.3 is 0 Å². The van der Waals surface area contributed by atoms with Crippen LogP contribution in [0.2, 0.25) is 0 Å². The second-order valence-electron chi connectivity index (χ2n) is 7.41. The normalized spacial score (nSPS) is 14.3. The largest absolute Gasteiger partial charge is 0.364 e. The van der Waals surface area contributed by atoms with Crippen molar-refractivity contribution < 1.29 is 9.59 Å². The molecule has 0 spiro atoms. The van der Waals surface area contributed by atoms with Gasteiger partial charge in [-0.15, -0.1) is 0 Å². The lowest BCUT2D eigenvalue weighted by Crippen LogP contribution is -2.45. The number of anilines is 2. The Morgan fingerprint density at radius 3 is 2.59 bits per heavy atom. The van der Waals surface area contributed by atoms with Crippen molar-refractivity contribution in [1.29, 1.82) is 0 Å². The molecule has 6 nitrogen and oxygen atoms in total. The molecule has 3 rings (SSSR count). The van der Waals surface area contributed by atoms with Crippen molar-refractivity contribution in [3.05, 3.63) is 59.7 Å². The zero-order valence-corrected chi connectivity index (χ0v) is 17.4. The molecule has 0 aliphatic carbocycles. The molecule has 1 atom stereocenters. The summed E-state index contributed by atoms with van der Waals surface area (Å²) in [4.78, 5) is 28.8. The minimum absolute atomic E-state index is 0.0676. The van der Waals surface area contributed by atoms with Crippen LogP contribution in [0.15, 0.2) is 48.5 Å². The van der Waals surface area contributed by atoms with Crippen LogP contribution in [-0.2, 0) is 11.2 Å². The number of hydrogen-bond acceptors (Lipinski definition) is 4. The quantitative estimate of drug-likeness (QED) is 0.723. The molecule has 1 heterocycles. The lowest BCUT2D eigenvalue weighted by atomic mass is 10.0. The summed E-state index contributed by atoms with van der Waals surface area (Å²) >= 11 is 0. The first kappa shape index (κ1) is 20.9. The molecule has 1 aliphatic rings. The standard InChI is InChI=1S/C23H30N4O2/c1-4-27(5-2)19(13-17-9-7-6-8-10-17)15-24-23(29)18-11-12-21-20(14-18)25-22(28)16-26(21)3/h6-12,14,19H,4-5,13,15-16H2,1-3H3,(H,24,29)(H,25,28). The minimum Gasteiger partial charge on any atom is -0.364 e. The van der Waals surface area contributed by atoms with Gasteiger partial charge in [-0.2, -0.15) is 0 Å². The third-order valence-corrected chi connectivity index (χ3v) is 5.47. The Kier molecular flexibility index (Phi) is 6.88. The summed E-state index contributed by atoms with van der Waals surface area (Å²) in [5, 5.41) is 5.94. The Bertz CT molecular complexity index is 849. The maximum atomic E-state index is 12.8. The van der Waals surface area contributed by atoms with Gasteiger partial charge in [0, 0.05) is 25.2 Å². The number of fused-ring (bicyclic) bond motifs is 1. The minimum atomic E-state index is -0.125. The molecule has 0 saturated carbocycles. The predicted octanol–water partition coefficient (Wildman–Crippen LogP) is 2.76. The third kappa shape index (κ3) is 5.15. The summed E-state index contributed by atoms with van der Waals surface area (Å²) in [6.07, 6.45) is 0.883. The summed E-state index contributed by atoms with van der Waals surface area (Å²) in [6, 6.07) is 16.0. The Morgan fingerprint density at radius 1 is 1.17 bits per heavy atom. The smallest absolute Gasteiger partial charge is 0.251 e. The van der Waals surface area contributed by atoms with Gasteiger partial charge in [0.05, 0.1) is 17.9 Å². The van der Waals surface area contributed by atoms with E-state index in [1.807, 2.05) is 42.3 Å². The van der Waals surface area contributed by atoms with Crippen LogP contribution >= 0.6 is 0 Å². The third-order valence-electron chi connectivity index (χ3n) is 5.47. The number of hydrogen-bond donors (Lipinski definition) is 2. The van der Waals surface area contributed by atoms with Gasteiger partial charge < -0.3 is 15.5 Å². The van der Waals surface area contributed by atoms with Crippen LogP contribution in [0.5, 0.6) is 0 Å². The van der Waals surface area contributed by atoms with Gasteiger partial charge in [0.15, 0.2) is 0 Å². The fourth-order valence-corrected chi connectivity index (χ4v) is 3.87. The van der Waals surface area contributed by atoms with E-state index in [2.05, 4.69) is 41.5 Å². The Balaban J connectivity index is 1.69. The molecule has 0 aromatic heterocycles. The Hall–Kier alpha value is -2.86. The lowest BCUT2D eigenvalue weighted by Gasteiger charge is -2.30. The first-order valence-electron chi connectivity index (χ1n) is 10.2. The van der Waals surface area contributed by atoms with E-state index in [1.54, 1.807) is 6.07 Å². The van der Waals surface area contributed by atoms with E-state index < -0.39 is 0 Å². The van der Waals surface area contributed by atoms with Crippen molar-refractivity contribution in [3.63, 3.8) is 0 Å². The molecule has 2 aromatic rings. The summed E-state index contributed by atoms with van der Waals surface area (Å²) in [5.74, 6) is -0.192. The van der Waals surface area contributed by atoms with Crippen molar-refractivity contribution in [2.45, 2.75) is 26.3 Å². The van der Waals surface area contributed by atoms with Gasteiger partial charge in [-0.25, -0.2) is 0 Å². The fourth-order valence-electron chi connectivity index (χ4n) is 3.87. The average Bonchev–Trinajstić information content (AvgIpc) is 2.72. The van der Waals surface area contributed by atoms with E-state index in [4.69, 9.17) is 0 Å². The summed E-state index contributed by atoms with van der Waals surface area (Å²) < 4.78 is 0. The van der Waals surface area contributed by atoms with Crippen LogP contribution in [0.4, 0.5) is 11.4 Å². The fraction of sp³-hybridized carbons (Fsp3) is 0.391. The number of benzene rings is 2. The molecule has 2 amide bonds. The first-order valence-corrected chi connectivity index (χ1v) is 10.2. The van der Waals surface area contributed by atoms with Gasteiger partial charge in [0.1, 0.15) is 0 Å². The highest BCUT2D eigenvalue weighted by molar-refractivity contribution is 6.03. The molecule has 0 saturated heterocycles. The second kappa shape index (κ2) is 9.56. The van der Waals surface area contributed by atoms with Gasteiger partial charge in [-0.3, -0.25) is 14.5 Å². The van der Waals surface area contributed by atoms with Crippen molar-refractivity contribution in [2.24, 2.45) is 0 Å². The molecular formula is C23H30N4O2. The SMILES string of the molecule is CCN(CC)C(CNC(=O)c1ccc2c(c1)NC(=O)CN2C)Cc1ccccc1. The van der Waals surface area contributed by atoms with Crippen LogP contribution < -0.4 is 15.5 Å². The molecule has 0 fully saturated rings. The number of nitrogens with zero attached hydrogens (tertiary/aromatic N) is 2. The van der Waals surface area contributed by atoms with E-state index in [1.165, 1.54) is 5.56 Å². The number of carbonyl (C=O) groups is 2. The lowest BCUT2D eigenvalue weighted by molar-refractivity contribution is -0.115.